The van der Waals surface area contributed by atoms with Crippen molar-refractivity contribution < 1.29 is 5.11 Å². The Kier molecular flexibility index (Phi) is 5.31. The third-order valence-electron chi connectivity index (χ3n) is 2.87. The molecule has 1 unspecified atom stereocenters. The molecule has 0 aliphatic rings. The summed E-state index contributed by atoms with van der Waals surface area (Å²) in [6.07, 6.45) is -0.310. The van der Waals surface area contributed by atoms with E-state index in [1.165, 1.54) is 5.39 Å². The van der Waals surface area contributed by atoms with E-state index in [0.29, 0.717) is 18.2 Å². The summed E-state index contributed by atoms with van der Waals surface area (Å²) in [6, 6.07) is 10.4. The molecule has 104 valence electrons. The molecule has 0 aliphatic carbocycles. The quantitative estimate of drug-likeness (QED) is 0.683. The normalized spacial score (nSPS) is 13.3. The fourth-order valence-corrected chi connectivity index (χ4v) is 2.79. The van der Waals surface area contributed by atoms with Crippen molar-refractivity contribution in [3.63, 3.8) is 0 Å². The van der Waals surface area contributed by atoms with Gasteiger partial charge < -0.3 is 15.4 Å². The van der Waals surface area contributed by atoms with Gasteiger partial charge in [-0.3, -0.25) is 0 Å². The number of aliphatic hydroxyl groups is 1. The Labute approximate surface area is 118 Å². The molecular formula is C15H22N2OS. The van der Waals surface area contributed by atoms with Gasteiger partial charge >= 0.3 is 0 Å². The number of hydrogen-bond donors (Lipinski definition) is 3. The molecule has 0 spiro atoms. The van der Waals surface area contributed by atoms with Crippen molar-refractivity contribution in [2.45, 2.75) is 25.0 Å². The monoisotopic (exact) mass is 278 g/mol. The lowest BCUT2D eigenvalue weighted by molar-refractivity contribution is 0.194. The van der Waals surface area contributed by atoms with Gasteiger partial charge in [0.25, 0.3) is 0 Å². The Morgan fingerprint density at radius 2 is 2.05 bits per heavy atom. The van der Waals surface area contributed by atoms with E-state index >= 15 is 0 Å². The van der Waals surface area contributed by atoms with E-state index in [0.717, 1.165) is 17.1 Å². The molecule has 0 aliphatic heterocycles. The standard InChI is InChI=1S/C15H22N2OS/c1-11(2)8-16-9-13(18)10-19-15-7-12-5-3-4-6-14(12)17-15/h3-7,11,13,16-18H,8-10H2,1-2H3. The summed E-state index contributed by atoms with van der Waals surface area (Å²) in [4.78, 5) is 3.36. The van der Waals surface area contributed by atoms with E-state index in [-0.39, 0.29) is 6.10 Å². The summed E-state index contributed by atoms with van der Waals surface area (Å²) < 4.78 is 0. The van der Waals surface area contributed by atoms with Crippen LogP contribution >= 0.6 is 11.8 Å². The van der Waals surface area contributed by atoms with Crippen molar-refractivity contribution in [1.29, 1.82) is 0 Å². The average Bonchev–Trinajstić information content (AvgIpc) is 2.78. The van der Waals surface area contributed by atoms with E-state index in [4.69, 9.17) is 0 Å². The van der Waals surface area contributed by atoms with Crippen LogP contribution in [0, 0.1) is 5.92 Å². The van der Waals surface area contributed by atoms with E-state index < -0.39 is 0 Å². The highest BCUT2D eigenvalue weighted by Gasteiger charge is 2.07. The molecule has 0 bridgehead atoms. The fraction of sp³-hybridized carbons (Fsp3) is 0.467. The van der Waals surface area contributed by atoms with Gasteiger partial charge in [0.05, 0.1) is 11.1 Å². The molecule has 19 heavy (non-hydrogen) atoms. The number of rotatable bonds is 7. The van der Waals surface area contributed by atoms with Crippen LogP contribution in [0.15, 0.2) is 35.4 Å². The number of aromatic amines is 1. The summed E-state index contributed by atoms with van der Waals surface area (Å²) in [6.45, 7) is 5.94. The Bertz CT molecular complexity index is 477. The van der Waals surface area contributed by atoms with Gasteiger partial charge in [-0.25, -0.2) is 0 Å². The second kappa shape index (κ2) is 6.98. The first-order valence-corrected chi connectivity index (χ1v) is 7.73. The summed E-state index contributed by atoms with van der Waals surface area (Å²) in [5, 5.41) is 15.5. The van der Waals surface area contributed by atoms with Crippen molar-refractivity contribution in [3.05, 3.63) is 30.3 Å². The van der Waals surface area contributed by atoms with Crippen LogP contribution in [-0.4, -0.2) is 35.0 Å². The van der Waals surface area contributed by atoms with Crippen LogP contribution in [-0.2, 0) is 0 Å². The highest BCUT2D eigenvalue weighted by Crippen LogP contribution is 2.23. The molecule has 0 saturated heterocycles. The third kappa shape index (κ3) is 4.56. The molecule has 1 aromatic carbocycles. The second-order valence-corrected chi connectivity index (χ2v) is 6.30. The fourth-order valence-electron chi connectivity index (χ4n) is 1.91. The number of aromatic nitrogens is 1. The van der Waals surface area contributed by atoms with Crippen molar-refractivity contribution in [2.24, 2.45) is 5.92 Å². The van der Waals surface area contributed by atoms with Crippen molar-refractivity contribution in [1.82, 2.24) is 10.3 Å². The molecule has 3 N–H and O–H groups in total. The SMILES string of the molecule is CC(C)CNCC(O)CSc1cc2ccccc2[nH]1. The highest BCUT2D eigenvalue weighted by molar-refractivity contribution is 7.99. The maximum atomic E-state index is 9.90. The first-order valence-electron chi connectivity index (χ1n) is 6.74. The summed E-state index contributed by atoms with van der Waals surface area (Å²) in [5.74, 6) is 1.33. The van der Waals surface area contributed by atoms with Crippen LogP contribution in [0.2, 0.25) is 0 Å². The van der Waals surface area contributed by atoms with E-state index in [9.17, 15) is 5.11 Å². The van der Waals surface area contributed by atoms with Crippen LogP contribution < -0.4 is 5.32 Å². The van der Waals surface area contributed by atoms with E-state index in [2.05, 4.69) is 42.3 Å². The predicted molar refractivity (Wildman–Crippen MR) is 82.7 cm³/mol. The minimum absolute atomic E-state index is 0.310. The molecule has 0 saturated carbocycles. The van der Waals surface area contributed by atoms with Crippen LogP contribution in [0.4, 0.5) is 0 Å². The van der Waals surface area contributed by atoms with Gasteiger partial charge in [0.1, 0.15) is 0 Å². The first kappa shape index (κ1) is 14.4. The Morgan fingerprint density at radius 1 is 1.26 bits per heavy atom. The molecular weight excluding hydrogens is 256 g/mol. The lowest BCUT2D eigenvalue weighted by Gasteiger charge is -2.12. The summed E-state index contributed by atoms with van der Waals surface area (Å²) in [5.41, 5.74) is 1.15. The molecule has 1 aromatic heterocycles. The lowest BCUT2D eigenvalue weighted by Crippen LogP contribution is -2.30. The van der Waals surface area contributed by atoms with Gasteiger partial charge in [0.2, 0.25) is 0 Å². The number of aliphatic hydroxyl groups excluding tert-OH is 1. The molecule has 0 fully saturated rings. The maximum Gasteiger partial charge on any atom is 0.0758 e. The zero-order valence-corrected chi connectivity index (χ0v) is 12.3. The average molecular weight is 278 g/mol. The number of benzene rings is 1. The van der Waals surface area contributed by atoms with Gasteiger partial charge in [0, 0.05) is 23.2 Å². The van der Waals surface area contributed by atoms with Gasteiger partial charge in [-0.2, -0.15) is 0 Å². The molecule has 3 nitrogen and oxygen atoms in total. The minimum atomic E-state index is -0.310. The number of fused-ring (bicyclic) bond motifs is 1. The van der Waals surface area contributed by atoms with E-state index in [1.807, 2.05) is 12.1 Å². The molecule has 1 heterocycles. The lowest BCUT2D eigenvalue weighted by atomic mass is 10.2. The molecule has 0 radical (unpaired) electrons. The van der Waals surface area contributed by atoms with Gasteiger partial charge in [0.15, 0.2) is 0 Å². The molecule has 1 atom stereocenters. The van der Waals surface area contributed by atoms with Crippen LogP contribution in [0.1, 0.15) is 13.8 Å². The number of H-pyrrole nitrogens is 1. The predicted octanol–water partition coefficient (Wildman–Crippen LogP) is 2.87. The zero-order chi connectivity index (χ0) is 13.7. The molecule has 4 heteroatoms. The number of thioether (sulfide) groups is 1. The zero-order valence-electron chi connectivity index (χ0n) is 11.5. The van der Waals surface area contributed by atoms with Crippen molar-refractivity contribution in [3.8, 4) is 0 Å². The van der Waals surface area contributed by atoms with Gasteiger partial charge in [-0.15, -0.1) is 11.8 Å². The minimum Gasteiger partial charge on any atom is -0.391 e. The molecule has 2 aromatic rings. The Morgan fingerprint density at radius 3 is 2.79 bits per heavy atom. The number of nitrogens with one attached hydrogen (secondary N) is 2. The first-order chi connectivity index (χ1) is 9.15. The van der Waals surface area contributed by atoms with Crippen molar-refractivity contribution >= 4 is 22.7 Å². The summed E-state index contributed by atoms with van der Waals surface area (Å²) >= 11 is 1.67. The van der Waals surface area contributed by atoms with Gasteiger partial charge in [-0.05, 0) is 24.6 Å². The van der Waals surface area contributed by atoms with Crippen LogP contribution in [0.25, 0.3) is 10.9 Å². The maximum absolute atomic E-state index is 9.90. The largest absolute Gasteiger partial charge is 0.391 e. The smallest absolute Gasteiger partial charge is 0.0758 e. The second-order valence-electron chi connectivity index (χ2n) is 5.24. The van der Waals surface area contributed by atoms with Crippen LogP contribution in [0.3, 0.4) is 0 Å². The highest BCUT2D eigenvalue weighted by atomic mass is 32.2. The molecule has 2 rings (SSSR count). The Hall–Kier alpha value is -0.970. The van der Waals surface area contributed by atoms with Crippen molar-refractivity contribution in [2.75, 3.05) is 18.8 Å². The van der Waals surface area contributed by atoms with Crippen LogP contribution in [0.5, 0.6) is 0 Å². The number of hydrogen-bond acceptors (Lipinski definition) is 3. The topological polar surface area (TPSA) is 48.0 Å². The third-order valence-corrected chi connectivity index (χ3v) is 3.95. The number of para-hydroxylation sites is 1. The van der Waals surface area contributed by atoms with Gasteiger partial charge in [-0.1, -0.05) is 32.0 Å². The Balaban J connectivity index is 1.78. The van der Waals surface area contributed by atoms with E-state index in [1.54, 1.807) is 11.8 Å². The molecule has 0 amide bonds. The summed E-state index contributed by atoms with van der Waals surface area (Å²) in [7, 11) is 0.